The number of para-hydroxylation sites is 1. The van der Waals surface area contributed by atoms with Gasteiger partial charge in [0, 0.05) is 35.6 Å². The third-order valence-electron chi connectivity index (χ3n) is 3.87. The van der Waals surface area contributed by atoms with E-state index in [0.717, 1.165) is 36.1 Å². The molecule has 1 aliphatic rings. The van der Waals surface area contributed by atoms with E-state index in [1.807, 2.05) is 30.5 Å². The van der Waals surface area contributed by atoms with Crippen LogP contribution in [0.25, 0.3) is 10.9 Å². The number of aromatic amines is 1. The minimum Gasteiger partial charge on any atom is -0.361 e. The van der Waals surface area contributed by atoms with E-state index in [2.05, 4.69) is 20.4 Å². The van der Waals surface area contributed by atoms with Crippen LogP contribution in [0, 0.1) is 0 Å². The molecule has 1 amide bonds. The Balaban J connectivity index is 1.50. The van der Waals surface area contributed by atoms with E-state index >= 15 is 0 Å². The fourth-order valence-electron chi connectivity index (χ4n) is 2.70. The number of hydrogen-bond acceptors (Lipinski definition) is 3. The topological polar surface area (TPSA) is 60.5 Å². The molecule has 1 fully saturated rings. The van der Waals surface area contributed by atoms with Crippen LogP contribution in [0.1, 0.15) is 24.8 Å². The number of likely N-dealkylation sites (tertiary alicyclic amines) is 1. The smallest absolute Gasteiger partial charge is 0.241 e. The van der Waals surface area contributed by atoms with Gasteiger partial charge in [-0.15, -0.1) is 0 Å². The number of aromatic nitrogens is 1. The van der Waals surface area contributed by atoms with Crippen LogP contribution in [0.2, 0.25) is 0 Å². The Labute approximate surface area is 124 Å². The van der Waals surface area contributed by atoms with Gasteiger partial charge in [0.2, 0.25) is 5.91 Å². The standard InChI is InChI=1S/C16H20N4O/c21-16(7-10-20-8-3-4-9-20)19-18-12-13-11-17-15-6-2-1-5-14(13)15/h1-2,5-6,11-12,17H,3-4,7-10H2,(H,19,21)/b18-12-. The van der Waals surface area contributed by atoms with Crippen molar-refractivity contribution in [3.8, 4) is 0 Å². The maximum absolute atomic E-state index is 11.7. The molecule has 1 saturated heterocycles. The minimum atomic E-state index is -0.0296. The molecule has 0 aliphatic carbocycles. The lowest BCUT2D eigenvalue weighted by Crippen LogP contribution is -2.26. The molecule has 1 aromatic heterocycles. The van der Waals surface area contributed by atoms with Crippen molar-refractivity contribution in [2.75, 3.05) is 19.6 Å². The van der Waals surface area contributed by atoms with Gasteiger partial charge in [-0.25, -0.2) is 5.43 Å². The van der Waals surface area contributed by atoms with E-state index in [1.165, 1.54) is 12.8 Å². The van der Waals surface area contributed by atoms with Crippen molar-refractivity contribution >= 4 is 23.0 Å². The number of amides is 1. The Hall–Kier alpha value is -2.14. The highest BCUT2D eigenvalue weighted by Crippen LogP contribution is 2.15. The molecule has 5 heteroatoms. The average Bonchev–Trinajstić information content (AvgIpc) is 3.15. The van der Waals surface area contributed by atoms with Gasteiger partial charge >= 0.3 is 0 Å². The Bertz CT molecular complexity index is 641. The monoisotopic (exact) mass is 284 g/mol. The first-order valence-corrected chi connectivity index (χ1v) is 7.43. The predicted octanol–water partition coefficient (Wildman–Crippen LogP) is 2.10. The zero-order chi connectivity index (χ0) is 14.5. The Kier molecular flexibility index (Phi) is 4.31. The van der Waals surface area contributed by atoms with E-state index < -0.39 is 0 Å². The SMILES string of the molecule is O=C(CCN1CCCC1)N/N=C\c1c[nH]c2ccccc12. The summed E-state index contributed by atoms with van der Waals surface area (Å²) in [6, 6.07) is 8.02. The first-order valence-electron chi connectivity index (χ1n) is 7.43. The second kappa shape index (κ2) is 6.54. The lowest BCUT2D eigenvalue weighted by Gasteiger charge is -2.12. The minimum absolute atomic E-state index is 0.0296. The lowest BCUT2D eigenvalue weighted by atomic mass is 10.2. The second-order valence-corrected chi connectivity index (χ2v) is 5.38. The van der Waals surface area contributed by atoms with E-state index in [1.54, 1.807) is 6.21 Å². The summed E-state index contributed by atoms with van der Waals surface area (Å²) in [5, 5.41) is 5.15. The summed E-state index contributed by atoms with van der Waals surface area (Å²) in [5.41, 5.74) is 4.65. The molecule has 110 valence electrons. The first-order chi connectivity index (χ1) is 10.3. The van der Waals surface area contributed by atoms with Crippen LogP contribution in [0.4, 0.5) is 0 Å². The zero-order valence-electron chi connectivity index (χ0n) is 12.0. The van der Waals surface area contributed by atoms with Crippen LogP contribution < -0.4 is 5.43 Å². The summed E-state index contributed by atoms with van der Waals surface area (Å²) in [4.78, 5) is 17.2. The normalized spacial score (nSPS) is 16.0. The lowest BCUT2D eigenvalue weighted by molar-refractivity contribution is -0.121. The largest absolute Gasteiger partial charge is 0.361 e. The van der Waals surface area contributed by atoms with Crippen molar-refractivity contribution < 1.29 is 4.79 Å². The molecule has 2 N–H and O–H groups in total. The number of H-pyrrole nitrogens is 1. The Morgan fingerprint density at radius 1 is 1.33 bits per heavy atom. The van der Waals surface area contributed by atoms with Crippen molar-refractivity contribution in [3.05, 3.63) is 36.0 Å². The van der Waals surface area contributed by atoms with Crippen LogP contribution >= 0.6 is 0 Å². The first kappa shape index (κ1) is 13.8. The number of benzene rings is 1. The molecule has 0 bridgehead atoms. The van der Waals surface area contributed by atoms with Crippen LogP contribution in [0.15, 0.2) is 35.6 Å². The highest BCUT2D eigenvalue weighted by molar-refractivity contribution is 5.99. The number of carbonyl (C=O) groups is 1. The van der Waals surface area contributed by atoms with Crippen molar-refractivity contribution in [1.29, 1.82) is 0 Å². The summed E-state index contributed by atoms with van der Waals surface area (Å²) in [5.74, 6) is -0.0296. The van der Waals surface area contributed by atoms with Gasteiger partial charge in [-0.2, -0.15) is 5.10 Å². The summed E-state index contributed by atoms with van der Waals surface area (Å²) in [6.07, 6.45) is 6.59. The molecule has 0 unspecified atom stereocenters. The molecule has 3 rings (SSSR count). The number of carbonyl (C=O) groups excluding carboxylic acids is 1. The van der Waals surface area contributed by atoms with Gasteiger partial charge in [-0.05, 0) is 32.0 Å². The quantitative estimate of drug-likeness (QED) is 0.652. The van der Waals surface area contributed by atoms with Gasteiger partial charge < -0.3 is 9.88 Å². The van der Waals surface area contributed by atoms with Gasteiger partial charge in [-0.1, -0.05) is 18.2 Å². The molecular formula is C16H20N4O. The molecule has 1 aromatic carbocycles. The summed E-state index contributed by atoms with van der Waals surface area (Å²) in [6.45, 7) is 3.06. The van der Waals surface area contributed by atoms with Crippen molar-refractivity contribution in [3.63, 3.8) is 0 Å². The molecule has 0 radical (unpaired) electrons. The molecule has 2 aromatic rings. The van der Waals surface area contributed by atoms with E-state index in [4.69, 9.17) is 0 Å². The average molecular weight is 284 g/mol. The molecule has 0 saturated carbocycles. The highest BCUT2D eigenvalue weighted by Gasteiger charge is 2.12. The van der Waals surface area contributed by atoms with Crippen LogP contribution in [0.3, 0.4) is 0 Å². The van der Waals surface area contributed by atoms with E-state index in [9.17, 15) is 4.79 Å². The summed E-state index contributed by atoms with van der Waals surface area (Å²) >= 11 is 0. The summed E-state index contributed by atoms with van der Waals surface area (Å²) in [7, 11) is 0. The van der Waals surface area contributed by atoms with Gasteiger partial charge in [0.05, 0.1) is 6.21 Å². The Morgan fingerprint density at radius 2 is 2.14 bits per heavy atom. The highest BCUT2D eigenvalue weighted by atomic mass is 16.2. The number of hydrazone groups is 1. The van der Waals surface area contributed by atoms with Crippen LogP contribution in [-0.2, 0) is 4.79 Å². The fourth-order valence-corrected chi connectivity index (χ4v) is 2.70. The van der Waals surface area contributed by atoms with Gasteiger partial charge in [-0.3, -0.25) is 4.79 Å². The fraction of sp³-hybridized carbons (Fsp3) is 0.375. The number of rotatable bonds is 5. The van der Waals surface area contributed by atoms with Gasteiger partial charge in [0.1, 0.15) is 0 Å². The maximum atomic E-state index is 11.7. The third-order valence-corrected chi connectivity index (χ3v) is 3.87. The molecule has 0 atom stereocenters. The zero-order valence-corrected chi connectivity index (χ0v) is 12.0. The maximum Gasteiger partial charge on any atom is 0.241 e. The van der Waals surface area contributed by atoms with Gasteiger partial charge in [0.15, 0.2) is 0 Å². The van der Waals surface area contributed by atoms with Crippen LogP contribution in [0.5, 0.6) is 0 Å². The molecule has 21 heavy (non-hydrogen) atoms. The molecule has 2 heterocycles. The second-order valence-electron chi connectivity index (χ2n) is 5.38. The van der Waals surface area contributed by atoms with Gasteiger partial charge in [0.25, 0.3) is 0 Å². The summed E-state index contributed by atoms with van der Waals surface area (Å²) < 4.78 is 0. The predicted molar refractivity (Wildman–Crippen MR) is 84.3 cm³/mol. The molecular weight excluding hydrogens is 264 g/mol. The van der Waals surface area contributed by atoms with Crippen LogP contribution in [-0.4, -0.2) is 41.6 Å². The molecule has 0 spiro atoms. The molecule has 1 aliphatic heterocycles. The van der Waals surface area contributed by atoms with E-state index in [0.29, 0.717) is 6.42 Å². The Morgan fingerprint density at radius 3 is 3.00 bits per heavy atom. The van der Waals surface area contributed by atoms with Crippen molar-refractivity contribution in [1.82, 2.24) is 15.3 Å². The number of nitrogens with zero attached hydrogens (tertiary/aromatic N) is 2. The number of fused-ring (bicyclic) bond motifs is 1. The third kappa shape index (κ3) is 3.49. The van der Waals surface area contributed by atoms with Crippen molar-refractivity contribution in [2.45, 2.75) is 19.3 Å². The number of hydrogen-bond donors (Lipinski definition) is 2. The number of nitrogens with one attached hydrogen (secondary N) is 2. The van der Waals surface area contributed by atoms with Crippen molar-refractivity contribution in [2.24, 2.45) is 5.10 Å². The molecule has 5 nitrogen and oxygen atoms in total. The van der Waals surface area contributed by atoms with E-state index in [-0.39, 0.29) is 5.91 Å².